The molecule has 54 valence electrons. The summed E-state index contributed by atoms with van der Waals surface area (Å²) in [5.41, 5.74) is 2.59. The monoisotopic (exact) mass is 136 g/mol. The predicted octanol–water partition coefficient (Wildman–Crippen LogP) is 0.954. The Morgan fingerprint density at radius 1 is 1.60 bits per heavy atom. The Morgan fingerprint density at radius 3 is 2.90 bits per heavy atom. The van der Waals surface area contributed by atoms with E-state index in [0.717, 1.165) is 12.5 Å². The van der Waals surface area contributed by atoms with Crippen molar-refractivity contribution < 1.29 is 0 Å². The minimum atomic E-state index is 0.811. The van der Waals surface area contributed by atoms with E-state index in [-0.39, 0.29) is 0 Å². The molecule has 0 bridgehead atoms. The summed E-state index contributed by atoms with van der Waals surface area (Å²) in [5.74, 6) is 0.811. The predicted molar refractivity (Wildman–Crippen MR) is 42.2 cm³/mol. The van der Waals surface area contributed by atoms with Crippen molar-refractivity contribution in [2.24, 2.45) is 10.9 Å². The number of nitrogens with one attached hydrogen (secondary N) is 1. The second-order valence-corrected chi connectivity index (χ2v) is 2.93. The molecule has 1 N–H and O–H groups in total. The van der Waals surface area contributed by atoms with Crippen LogP contribution < -0.4 is 5.32 Å². The van der Waals surface area contributed by atoms with Crippen molar-refractivity contribution in [3.8, 4) is 0 Å². The lowest BCUT2D eigenvalue weighted by Gasteiger charge is -1.93. The number of aliphatic imine (C=N–C) groups is 1. The zero-order valence-corrected chi connectivity index (χ0v) is 6.22. The SMILES string of the molecule is CNC1=CC(C2CC2)=NC1. The van der Waals surface area contributed by atoms with Crippen LogP contribution in [0.5, 0.6) is 0 Å². The van der Waals surface area contributed by atoms with Gasteiger partial charge in [0.1, 0.15) is 0 Å². The molecule has 2 rings (SSSR count). The van der Waals surface area contributed by atoms with Crippen LogP contribution in [0.4, 0.5) is 0 Å². The van der Waals surface area contributed by atoms with Crippen LogP contribution in [0.25, 0.3) is 0 Å². The summed E-state index contributed by atoms with van der Waals surface area (Å²) < 4.78 is 0. The first-order valence-corrected chi connectivity index (χ1v) is 3.83. The second-order valence-electron chi connectivity index (χ2n) is 2.93. The van der Waals surface area contributed by atoms with Crippen molar-refractivity contribution in [1.29, 1.82) is 0 Å². The normalized spacial score (nSPS) is 24.1. The first-order valence-electron chi connectivity index (χ1n) is 3.83. The van der Waals surface area contributed by atoms with Gasteiger partial charge in [0.15, 0.2) is 0 Å². The standard InChI is InChI=1S/C8H12N2/c1-9-7-4-8(10-5-7)6-2-3-6/h4,6,9H,2-3,5H2,1H3. The quantitative estimate of drug-likeness (QED) is 0.600. The maximum Gasteiger partial charge on any atom is 0.0790 e. The van der Waals surface area contributed by atoms with Crippen LogP contribution in [0.15, 0.2) is 16.8 Å². The molecule has 1 heterocycles. The third-order valence-electron chi connectivity index (χ3n) is 2.07. The Kier molecular flexibility index (Phi) is 1.26. The highest BCUT2D eigenvalue weighted by Crippen LogP contribution is 2.32. The molecule has 2 nitrogen and oxygen atoms in total. The molecule has 0 amide bonds. The van der Waals surface area contributed by atoms with Crippen molar-refractivity contribution in [2.75, 3.05) is 13.6 Å². The lowest BCUT2D eigenvalue weighted by molar-refractivity contribution is 0.945. The molecule has 2 heteroatoms. The van der Waals surface area contributed by atoms with Crippen molar-refractivity contribution in [2.45, 2.75) is 12.8 Å². The lowest BCUT2D eigenvalue weighted by atomic mass is 10.2. The van der Waals surface area contributed by atoms with Gasteiger partial charge in [-0.1, -0.05) is 0 Å². The minimum absolute atomic E-state index is 0.811. The molecule has 0 spiro atoms. The van der Waals surface area contributed by atoms with E-state index in [1.165, 1.54) is 24.3 Å². The van der Waals surface area contributed by atoms with Crippen LogP contribution in [0.1, 0.15) is 12.8 Å². The van der Waals surface area contributed by atoms with E-state index in [1.807, 2.05) is 7.05 Å². The summed E-state index contributed by atoms with van der Waals surface area (Å²) in [6.45, 7) is 0.877. The molecule has 0 saturated heterocycles. The van der Waals surface area contributed by atoms with Crippen LogP contribution >= 0.6 is 0 Å². The van der Waals surface area contributed by atoms with Gasteiger partial charge in [0.05, 0.1) is 6.54 Å². The van der Waals surface area contributed by atoms with Crippen LogP contribution in [-0.2, 0) is 0 Å². The summed E-state index contributed by atoms with van der Waals surface area (Å²) in [5, 5.41) is 3.12. The number of hydrogen-bond acceptors (Lipinski definition) is 2. The fourth-order valence-corrected chi connectivity index (χ4v) is 1.22. The Bertz CT molecular complexity index is 199. The average Bonchev–Trinajstić information content (AvgIpc) is 2.70. The molecule has 0 aromatic rings. The second kappa shape index (κ2) is 2.11. The smallest absolute Gasteiger partial charge is 0.0790 e. The third-order valence-corrected chi connectivity index (χ3v) is 2.07. The topological polar surface area (TPSA) is 24.4 Å². The summed E-state index contributed by atoms with van der Waals surface area (Å²) in [4.78, 5) is 4.41. The van der Waals surface area contributed by atoms with E-state index < -0.39 is 0 Å². The van der Waals surface area contributed by atoms with E-state index in [9.17, 15) is 0 Å². The largest absolute Gasteiger partial charge is 0.390 e. The van der Waals surface area contributed by atoms with E-state index in [2.05, 4.69) is 16.4 Å². The molecular weight excluding hydrogens is 124 g/mol. The molecule has 1 saturated carbocycles. The molecule has 1 fully saturated rings. The van der Waals surface area contributed by atoms with Gasteiger partial charge in [0.2, 0.25) is 0 Å². The highest BCUT2D eigenvalue weighted by molar-refractivity contribution is 6.00. The molecular formula is C8H12N2. The van der Waals surface area contributed by atoms with Crippen molar-refractivity contribution in [3.63, 3.8) is 0 Å². The molecule has 0 unspecified atom stereocenters. The number of hydrogen-bond donors (Lipinski definition) is 1. The molecule has 1 aliphatic heterocycles. The minimum Gasteiger partial charge on any atom is -0.390 e. The fraction of sp³-hybridized carbons (Fsp3) is 0.625. The third kappa shape index (κ3) is 0.939. The summed E-state index contributed by atoms with van der Waals surface area (Å²) in [7, 11) is 1.96. The van der Waals surface area contributed by atoms with E-state index >= 15 is 0 Å². The van der Waals surface area contributed by atoms with E-state index in [0.29, 0.717) is 0 Å². The first kappa shape index (κ1) is 5.96. The number of nitrogens with zero attached hydrogens (tertiary/aromatic N) is 1. The maximum absolute atomic E-state index is 4.41. The molecule has 0 radical (unpaired) electrons. The molecule has 2 aliphatic rings. The van der Waals surface area contributed by atoms with E-state index in [1.54, 1.807) is 0 Å². The Balaban J connectivity index is 2.04. The highest BCUT2D eigenvalue weighted by Gasteiger charge is 2.27. The van der Waals surface area contributed by atoms with Gasteiger partial charge in [-0.05, 0) is 18.9 Å². The first-order chi connectivity index (χ1) is 4.90. The molecule has 0 aromatic heterocycles. The highest BCUT2D eigenvalue weighted by atomic mass is 14.9. The van der Waals surface area contributed by atoms with Crippen molar-refractivity contribution >= 4 is 5.71 Å². The van der Waals surface area contributed by atoms with Gasteiger partial charge in [-0.25, -0.2) is 0 Å². The van der Waals surface area contributed by atoms with Crippen LogP contribution in [-0.4, -0.2) is 19.3 Å². The number of allylic oxidation sites excluding steroid dienone is 1. The van der Waals surface area contributed by atoms with Crippen LogP contribution in [0.3, 0.4) is 0 Å². The Morgan fingerprint density at radius 2 is 2.40 bits per heavy atom. The maximum atomic E-state index is 4.41. The van der Waals surface area contributed by atoms with Gasteiger partial charge in [0.25, 0.3) is 0 Å². The van der Waals surface area contributed by atoms with Gasteiger partial charge in [-0.3, -0.25) is 4.99 Å². The van der Waals surface area contributed by atoms with Crippen LogP contribution in [0, 0.1) is 5.92 Å². The van der Waals surface area contributed by atoms with Crippen LogP contribution in [0.2, 0.25) is 0 Å². The number of rotatable bonds is 2. The van der Waals surface area contributed by atoms with Crippen molar-refractivity contribution in [1.82, 2.24) is 5.32 Å². The van der Waals surface area contributed by atoms with E-state index in [4.69, 9.17) is 0 Å². The van der Waals surface area contributed by atoms with Gasteiger partial charge >= 0.3 is 0 Å². The van der Waals surface area contributed by atoms with Gasteiger partial charge in [0, 0.05) is 24.4 Å². The molecule has 1 aliphatic carbocycles. The summed E-state index contributed by atoms with van der Waals surface area (Å²) >= 11 is 0. The molecule has 0 atom stereocenters. The molecule has 10 heavy (non-hydrogen) atoms. The lowest BCUT2D eigenvalue weighted by Crippen LogP contribution is -2.05. The van der Waals surface area contributed by atoms with Crippen molar-refractivity contribution in [3.05, 3.63) is 11.8 Å². The summed E-state index contributed by atoms with van der Waals surface area (Å²) in [6, 6.07) is 0. The zero-order chi connectivity index (χ0) is 6.97. The van der Waals surface area contributed by atoms with Gasteiger partial charge in [-0.2, -0.15) is 0 Å². The zero-order valence-electron chi connectivity index (χ0n) is 6.22. The average molecular weight is 136 g/mol. The van der Waals surface area contributed by atoms with Gasteiger partial charge < -0.3 is 5.32 Å². The Labute approximate surface area is 61.0 Å². The fourth-order valence-electron chi connectivity index (χ4n) is 1.22. The Hall–Kier alpha value is -0.790. The molecule has 0 aromatic carbocycles. The summed E-state index contributed by atoms with van der Waals surface area (Å²) in [6.07, 6.45) is 4.90. The van der Waals surface area contributed by atoms with Gasteiger partial charge in [-0.15, -0.1) is 0 Å². The number of likely N-dealkylation sites (N-methyl/N-ethyl adjacent to an activating group) is 1.